The highest BCUT2D eigenvalue weighted by atomic mass is 79.9. The summed E-state index contributed by atoms with van der Waals surface area (Å²) in [6, 6.07) is 18.9. The average Bonchev–Trinajstić information content (AvgIpc) is 2.41. The predicted octanol–water partition coefficient (Wildman–Crippen LogP) is 5.41. The van der Waals surface area contributed by atoms with Crippen molar-refractivity contribution in [1.29, 1.82) is 0 Å². The molecule has 18 heavy (non-hydrogen) atoms. The Hall–Kier alpha value is -0.480. The van der Waals surface area contributed by atoms with Gasteiger partial charge >= 0.3 is 5.69 Å². The zero-order chi connectivity index (χ0) is 12.8. The first-order chi connectivity index (χ1) is 8.72. The molecule has 0 saturated heterocycles. The molecule has 94 valence electrons. The van der Waals surface area contributed by atoms with Crippen LogP contribution in [-0.4, -0.2) is 0 Å². The minimum Gasteiger partial charge on any atom is -0.428 e. The van der Waals surface area contributed by atoms with E-state index >= 15 is 0 Å². The van der Waals surface area contributed by atoms with Gasteiger partial charge in [0.15, 0.2) is 0 Å². The van der Waals surface area contributed by atoms with Crippen LogP contribution in [0.15, 0.2) is 60.7 Å². The normalized spacial score (nSPS) is 10.9. The van der Waals surface area contributed by atoms with Crippen LogP contribution < -0.4 is 9.05 Å². The Bertz CT molecular complexity index is 491. The predicted molar refractivity (Wildman–Crippen MR) is 84.9 cm³/mol. The lowest BCUT2D eigenvalue weighted by atomic mass is 10.3. The van der Waals surface area contributed by atoms with Crippen LogP contribution in [0.4, 0.5) is 0 Å². The number of para-hydroxylation sites is 2. The molecular formula is C12H10BrO2PS2. The van der Waals surface area contributed by atoms with Crippen LogP contribution in [0.1, 0.15) is 0 Å². The van der Waals surface area contributed by atoms with Crippen molar-refractivity contribution in [2.24, 2.45) is 0 Å². The fourth-order valence-corrected chi connectivity index (χ4v) is 4.39. The van der Waals surface area contributed by atoms with Crippen LogP contribution in [0.3, 0.4) is 0 Å². The molecule has 0 atom stereocenters. The lowest BCUT2D eigenvalue weighted by Gasteiger charge is -2.20. The van der Waals surface area contributed by atoms with Gasteiger partial charge in [0.2, 0.25) is 0 Å². The van der Waals surface area contributed by atoms with Gasteiger partial charge in [-0.25, -0.2) is 0 Å². The summed E-state index contributed by atoms with van der Waals surface area (Å²) in [7, 11) is 1.26. The maximum absolute atomic E-state index is 5.77. The van der Waals surface area contributed by atoms with Crippen LogP contribution in [0.5, 0.6) is 11.5 Å². The van der Waals surface area contributed by atoms with Gasteiger partial charge in [0.1, 0.15) is 11.5 Å². The Morgan fingerprint density at radius 2 is 1.22 bits per heavy atom. The molecule has 0 aliphatic rings. The summed E-state index contributed by atoms with van der Waals surface area (Å²) in [5.41, 5.74) is -2.48. The summed E-state index contributed by atoms with van der Waals surface area (Å²) in [5, 5.41) is 0. The van der Waals surface area contributed by atoms with E-state index in [-0.39, 0.29) is 0 Å². The standard InChI is InChI=1S/C12H10BrO2PS2/c13-18-16(17,14-11-7-3-1-4-8-11)15-12-9-5-2-6-10-12/h1-10H. The maximum atomic E-state index is 5.77. The van der Waals surface area contributed by atoms with Gasteiger partial charge in [-0.15, -0.1) is 0 Å². The smallest absolute Gasteiger partial charge is 0.359 e. The SMILES string of the molecule is S=P(Oc1ccccc1)(Oc1ccccc1)SBr. The van der Waals surface area contributed by atoms with E-state index in [4.69, 9.17) is 20.9 Å². The molecule has 0 heterocycles. The molecule has 0 bridgehead atoms. The van der Waals surface area contributed by atoms with E-state index in [9.17, 15) is 0 Å². The van der Waals surface area contributed by atoms with Gasteiger partial charge in [-0.2, -0.15) is 0 Å². The van der Waals surface area contributed by atoms with Gasteiger partial charge in [-0.3, -0.25) is 0 Å². The van der Waals surface area contributed by atoms with E-state index in [1.54, 1.807) is 0 Å². The molecule has 0 radical (unpaired) electrons. The Labute approximate surface area is 123 Å². The minimum atomic E-state index is -2.48. The molecule has 6 heteroatoms. The zero-order valence-electron chi connectivity index (χ0n) is 9.23. The van der Waals surface area contributed by atoms with Crippen LogP contribution >= 0.6 is 30.3 Å². The highest BCUT2D eigenvalue weighted by Gasteiger charge is 2.22. The molecule has 0 spiro atoms. The first-order valence-electron chi connectivity index (χ1n) is 5.11. The van der Waals surface area contributed by atoms with Gasteiger partial charge in [0.05, 0.1) is 0 Å². The summed E-state index contributed by atoms with van der Waals surface area (Å²) in [5.74, 6) is 1.42. The maximum Gasteiger partial charge on any atom is 0.359 e. The monoisotopic (exact) mass is 360 g/mol. The van der Waals surface area contributed by atoms with Crippen LogP contribution in [0.2, 0.25) is 0 Å². The summed E-state index contributed by atoms with van der Waals surface area (Å²) in [6.07, 6.45) is 0. The number of rotatable bonds is 5. The summed E-state index contributed by atoms with van der Waals surface area (Å²) in [4.78, 5) is 0. The fraction of sp³-hybridized carbons (Fsp3) is 0. The second-order valence-corrected chi connectivity index (χ2v) is 11.3. The quantitative estimate of drug-likeness (QED) is 0.663. The van der Waals surface area contributed by atoms with Crippen molar-refractivity contribution in [3.63, 3.8) is 0 Å². The third-order valence-corrected chi connectivity index (χ3v) is 10.3. The number of hydrogen-bond donors (Lipinski definition) is 0. The molecule has 2 aromatic rings. The molecule has 0 fully saturated rings. The van der Waals surface area contributed by atoms with Crippen LogP contribution in [0.25, 0.3) is 0 Å². The minimum absolute atomic E-state index is 0.712. The van der Waals surface area contributed by atoms with Gasteiger partial charge in [0.25, 0.3) is 0 Å². The third kappa shape index (κ3) is 4.02. The van der Waals surface area contributed by atoms with Gasteiger partial charge in [0, 0.05) is 36.4 Å². The topological polar surface area (TPSA) is 18.5 Å². The van der Waals surface area contributed by atoms with E-state index in [0.29, 0.717) is 11.5 Å². The fourth-order valence-electron chi connectivity index (χ4n) is 1.27. The molecule has 0 aliphatic heterocycles. The molecule has 2 aromatic carbocycles. The number of benzene rings is 2. The molecule has 2 nitrogen and oxygen atoms in total. The molecule has 0 unspecified atom stereocenters. The van der Waals surface area contributed by atoms with Gasteiger partial charge < -0.3 is 9.05 Å². The molecule has 0 saturated carbocycles. The van der Waals surface area contributed by atoms with Crippen molar-refractivity contribution in [1.82, 2.24) is 0 Å². The first-order valence-corrected chi connectivity index (χ1v) is 11.0. The summed E-state index contributed by atoms with van der Waals surface area (Å²) >= 11 is 8.75. The summed E-state index contributed by atoms with van der Waals surface area (Å²) in [6.45, 7) is 0. The average molecular weight is 361 g/mol. The van der Waals surface area contributed by atoms with E-state index in [1.807, 2.05) is 60.7 Å². The zero-order valence-corrected chi connectivity index (χ0v) is 13.3. The Kier molecular flexibility index (Phi) is 5.13. The largest absolute Gasteiger partial charge is 0.428 e. The molecule has 2 rings (SSSR count). The first kappa shape index (κ1) is 13.9. The van der Waals surface area contributed by atoms with Crippen molar-refractivity contribution in [2.75, 3.05) is 0 Å². The van der Waals surface area contributed by atoms with Crippen LogP contribution in [-0.2, 0) is 11.8 Å². The molecular weight excluding hydrogens is 351 g/mol. The second-order valence-electron chi connectivity index (χ2n) is 3.32. The lowest BCUT2D eigenvalue weighted by Crippen LogP contribution is -1.95. The second kappa shape index (κ2) is 6.62. The highest BCUT2D eigenvalue weighted by molar-refractivity contribution is 9.58. The van der Waals surface area contributed by atoms with E-state index in [0.717, 1.165) is 0 Å². The summed E-state index contributed by atoms with van der Waals surface area (Å²) < 4.78 is 11.5. The third-order valence-electron chi connectivity index (χ3n) is 2.01. The van der Waals surface area contributed by atoms with E-state index in [2.05, 4.69) is 14.8 Å². The lowest BCUT2D eigenvalue weighted by molar-refractivity contribution is 0.507. The van der Waals surface area contributed by atoms with Crippen molar-refractivity contribution < 1.29 is 9.05 Å². The van der Waals surface area contributed by atoms with E-state index < -0.39 is 5.69 Å². The Balaban J connectivity index is 2.14. The molecule has 0 aromatic heterocycles. The highest BCUT2D eigenvalue weighted by Crippen LogP contribution is 2.62. The van der Waals surface area contributed by atoms with Crippen molar-refractivity contribution in [2.45, 2.75) is 0 Å². The number of hydrogen-bond acceptors (Lipinski definition) is 4. The Morgan fingerprint density at radius 3 is 1.56 bits per heavy atom. The molecule has 0 amide bonds. The van der Waals surface area contributed by atoms with Crippen molar-refractivity contribution in [3.8, 4) is 11.5 Å². The van der Waals surface area contributed by atoms with Crippen molar-refractivity contribution >= 4 is 42.1 Å². The molecule has 0 N–H and O–H groups in total. The number of halogens is 1. The van der Waals surface area contributed by atoms with Crippen LogP contribution in [0, 0.1) is 0 Å². The molecule has 0 aliphatic carbocycles. The van der Waals surface area contributed by atoms with Crippen molar-refractivity contribution in [3.05, 3.63) is 60.7 Å². The van der Waals surface area contributed by atoms with Gasteiger partial charge in [-0.1, -0.05) is 36.4 Å². The van der Waals surface area contributed by atoms with E-state index in [1.165, 1.54) is 9.82 Å². The Morgan fingerprint density at radius 1 is 0.833 bits per heavy atom. The van der Waals surface area contributed by atoms with Gasteiger partial charge in [-0.05, 0) is 24.3 Å².